The van der Waals surface area contributed by atoms with Gasteiger partial charge in [-0.2, -0.15) is 5.26 Å². The Kier molecular flexibility index (Phi) is 5.60. The minimum absolute atomic E-state index is 0.259. The Labute approximate surface area is 127 Å². The molecule has 1 aliphatic heterocycles. The van der Waals surface area contributed by atoms with Gasteiger partial charge in [-0.3, -0.25) is 0 Å². The van der Waals surface area contributed by atoms with Crippen molar-refractivity contribution in [1.82, 2.24) is 4.90 Å². The summed E-state index contributed by atoms with van der Waals surface area (Å²) in [4.78, 5) is 2.31. The molecule has 1 aromatic carbocycles. The maximum Gasteiger partial charge on any atom is 0.120 e. The number of likely N-dealkylation sites (tertiary alicyclic amines) is 1. The summed E-state index contributed by atoms with van der Waals surface area (Å²) >= 11 is 0. The molecule has 1 heterocycles. The molecule has 0 aliphatic carbocycles. The summed E-state index contributed by atoms with van der Waals surface area (Å²) in [5, 5.41) is 19.0. The molecule has 1 aliphatic rings. The fraction of sp³-hybridized carbons (Fsp3) is 0.588. The minimum atomic E-state index is -0.503. The highest BCUT2D eigenvalue weighted by Crippen LogP contribution is 2.22. The van der Waals surface area contributed by atoms with Crippen LogP contribution in [0.25, 0.3) is 0 Å². The number of benzene rings is 1. The lowest BCUT2D eigenvalue weighted by Gasteiger charge is -2.36. The van der Waals surface area contributed by atoms with Gasteiger partial charge in [0.15, 0.2) is 0 Å². The molecule has 4 nitrogen and oxygen atoms in total. The third-order valence-corrected chi connectivity index (χ3v) is 4.29. The lowest BCUT2D eigenvalue weighted by Crippen LogP contribution is -2.43. The van der Waals surface area contributed by atoms with E-state index in [-0.39, 0.29) is 6.61 Å². The SMILES string of the molecule is CC1CCN(CC(O)COc2cccc(C#N)c2)CC1C. The molecule has 1 fully saturated rings. The van der Waals surface area contributed by atoms with Crippen molar-refractivity contribution in [2.24, 2.45) is 11.8 Å². The number of ether oxygens (including phenoxy) is 1. The highest BCUT2D eigenvalue weighted by Gasteiger charge is 2.24. The fourth-order valence-corrected chi connectivity index (χ4v) is 2.71. The number of aliphatic hydroxyl groups is 1. The molecule has 1 saturated heterocycles. The summed E-state index contributed by atoms with van der Waals surface area (Å²) in [7, 11) is 0. The van der Waals surface area contributed by atoms with Crippen LogP contribution in [0.2, 0.25) is 0 Å². The van der Waals surface area contributed by atoms with Gasteiger partial charge in [0.1, 0.15) is 18.5 Å². The van der Waals surface area contributed by atoms with Crippen molar-refractivity contribution in [3.8, 4) is 11.8 Å². The monoisotopic (exact) mass is 288 g/mol. The van der Waals surface area contributed by atoms with Crippen molar-refractivity contribution in [3.63, 3.8) is 0 Å². The van der Waals surface area contributed by atoms with Crippen LogP contribution in [0.15, 0.2) is 24.3 Å². The predicted molar refractivity (Wildman–Crippen MR) is 82.0 cm³/mol. The number of β-amino-alcohol motifs (C(OH)–C–C–N with tert-alkyl or cyclic N) is 1. The average molecular weight is 288 g/mol. The third kappa shape index (κ3) is 4.73. The van der Waals surface area contributed by atoms with Crippen LogP contribution in [-0.2, 0) is 0 Å². The normalized spacial score (nSPS) is 24.3. The summed E-state index contributed by atoms with van der Waals surface area (Å²) in [6.45, 7) is 7.57. The quantitative estimate of drug-likeness (QED) is 0.903. The van der Waals surface area contributed by atoms with E-state index >= 15 is 0 Å². The smallest absolute Gasteiger partial charge is 0.120 e. The first-order valence-corrected chi connectivity index (χ1v) is 7.62. The van der Waals surface area contributed by atoms with E-state index < -0.39 is 6.10 Å². The maximum atomic E-state index is 10.1. The first-order valence-electron chi connectivity index (χ1n) is 7.62. The molecule has 114 valence electrons. The predicted octanol–water partition coefficient (Wildman–Crippen LogP) is 2.28. The van der Waals surface area contributed by atoms with E-state index in [9.17, 15) is 5.11 Å². The zero-order chi connectivity index (χ0) is 15.2. The first-order chi connectivity index (χ1) is 10.1. The number of piperidine rings is 1. The zero-order valence-corrected chi connectivity index (χ0v) is 12.8. The van der Waals surface area contributed by atoms with Gasteiger partial charge in [0.05, 0.1) is 11.6 Å². The molecule has 3 unspecified atom stereocenters. The van der Waals surface area contributed by atoms with Gasteiger partial charge in [0.2, 0.25) is 0 Å². The summed E-state index contributed by atoms with van der Waals surface area (Å²) in [6.07, 6.45) is 0.690. The van der Waals surface area contributed by atoms with E-state index in [2.05, 4.69) is 24.8 Å². The molecule has 1 N–H and O–H groups in total. The number of nitrogens with zero attached hydrogens (tertiary/aromatic N) is 2. The lowest BCUT2D eigenvalue weighted by atomic mass is 9.88. The maximum absolute atomic E-state index is 10.1. The van der Waals surface area contributed by atoms with Crippen LogP contribution in [0.3, 0.4) is 0 Å². The van der Waals surface area contributed by atoms with E-state index in [1.807, 2.05) is 0 Å². The lowest BCUT2D eigenvalue weighted by molar-refractivity contribution is 0.0436. The molecular weight excluding hydrogens is 264 g/mol. The van der Waals surface area contributed by atoms with Gasteiger partial charge in [-0.25, -0.2) is 0 Å². The van der Waals surface area contributed by atoms with Crippen molar-refractivity contribution < 1.29 is 9.84 Å². The van der Waals surface area contributed by atoms with Crippen molar-refractivity contribution in [2.75, 3.05) is 26.2 Å². The van der Waals surface area contributed by atoms with E-state index in [0.29, 0.717) is 23.8 Å². The minimum Gasteiger partial charge on any atom is -0.491 e. The second kappa shape index (κ2) is 7.44. The number of hydrogen-bond acceptors (Lipinski definition) is 4. The Morgan fingerprint density at radius 2 is 2.24 bits per heavy atom. The van der Waals surface area contributed by atoms with Crippen molar-refractivity contribution in [3.05, 3.63) is 29.8 Å². The highest BCUT2D eigenvalue weighted by atomic mass is 16.5. The molecular formula is C17H24N2O2. The Hall–Kier alpha value is -1.57. The molecule has 0 aromatic heterocycles. The first kappa shape index (κ1) is 15.8. The van der Waals surface area contributed by atoms with Gasteiger partial charge in [-0.15, -0.1) is 0 Å². The van der Waals surface area contributed by atoms with E-state index in [4.69, 9.17) is 10.00 Å². The van der Waals surface area contributed by atoms with Crippen LogP contribution in [0.4, 0.5) is 0 Å². The van der Waals surface area contributed by atoms with Crippen LogP contribution in [0.1, 0.15) is 25.8 Å². The molecule has 4 heteroatoms. The number of rotatable bonds is 5. The van der Waals surface area contributed by atoms with E-state index in [0.717, 1.165) is 19.0 Å². The fourth-order valence-electron chi connectivity index (χ4n) is 2.71. The molecule has 0 spiro atoms. The Morgan fingerprint density at radius 1 is 1.43 bits per heavy atom. The highest BCUT2D eigenvalue weighted by molar-refractivity contribution is 5.36. The van der Waals surface area contributed by atoms with Crippen LogP contribution >= 0.6 is 0 Å². The molecule has 1 aromatic rings. The zero-order valence-electron chi connectivity index (χ0n) is 12.8. The molecule has 0 saturated carbocycles. The molecule has 0 bridgehead atoms. The largest absolute Gasteiger partial charge is 0.491 e. The second-order valence-electron chi connectivity index (χ2n) is 6.11. The Morgan fingerprint density at radius 3 is 2.95 bits per heavy atom. The summed E-state index contributed by atoms with van der Waals surface area (Å²) < 4.78 is 5.57. The molecule has 3 atom stereocenters. The van der Waals surface area contributed by atoms with Crippen LogP contribution < -0.4 is 4.74 Å². The van der Waals surface area contributed by atoms with Gasteiger partial charge in [-0.05, 0) is 43.0 Å². The van der Waals surface area contributed by atoms with Crippen molar-refractivity contribution >= 4 is 0 Å². The van der Waals surface area contributed by atoms with Gasteiger partial charge < -0.3 is 14.7 Å². The summed E-state index contributed by atoms with van der Waals surface area (Å²) in [6, 6.07) is 9.10. The Bertz CT molecular complexity index is 498. The summed E-state index contributed by atoms with van der Waals surface area (Å²) in [5.41, 5.74) is 0.570. The third-order valence-electron chi connectivity index (χ3n) is 4.29. The standard InChI is InChI=1S/C17H24N2O2/c1-13-6-7-19(10-14(13)2)11-16(20)12-21-17-5-3-4-15(8-17)9-18/h3-5,8,13-14,16,20H,6-7,10-12H2,1-2H3. The van der Waals surface area contributed by atoms with Crippen LogP contribution in [0, 0.1) is 23.2 Å². The van der Waals surface area contributed by atoms with Crippen molar-refractivity contribution in [1.29, 1.82) is 5.26 Å². The average Bonchev–Trinajstić information content (AvgIpc) is 2.49. The molecule has 0 radical (unpaired) electrons. The van der Waals surface area contributed by atoms with E-state index in [1.165, 1.54) is 6.42 Å². The van der Waals surface area contributed by atoms with Gasteiger partial charge in [0, 0.05) is 13.1 Å². The van der Waals surface area contributed by atoms with Crippen molar-refractivity contribution in [2.45, 2.75) is 26.4 Å². The number of aliphatic hydroxyl groups excluding tert-OH is 1. The van der Waals surface area contributed by atoms with E-state index in [1.54, 1.807) is 24.3 Å². The van der Waals surface area contributed by atoms with Gasteiger partial charge in [-0.1, -0.05) is 19.9 Å². The number of hydrogen-bond donors (Lipinski definition) is 1. The molecule has 21 heavy (non-hydrogen) atoms. The molecule has 0 amide bonds. The summed E-state index contributed by atoms with van der Waals surface area (Å²) in [5.74, 6) is 2.08. The Balaban J connectivity index is 1.77. The van der Waals surface area contributed by atoms with Gasteiger partial charge >= 0.3 is 0 Å². The molecule has 2 rings (SSSR count). The topological polar surface area (TPSA) is 56.5 Å². The van der Waals surface area contributed by atoms with Gasteiger partial charge in [0.25, 0.3) is 0 Å². The number of nitriles is 1. The van der Waals surface area contributed by atoms with Crippen LogP contribution in [0.5, 0.6) is 5.75 Å². The second-order valence-corrected chi connectivity index (χ2v) is 6.11. The van der Waals surface area contributed by atoms with Crippen LogP contribution in [-0.4, -0.2) is 42.4 Å².